The van der Waals surface area contributed by atoms with Crippen molar-refractivity contribution < 1.29 is 14.6 Å². The lowest BCUT2D eigenvalue weighted by Gasteiger charge is -2.23. The summed E-state index contributed by atoms with van der Waals surface area (Å²) >= 11 is 0. The predicted octanol–water partition coefficient (Wildman–Crippen LogP) is -0.748. The highest BCUT2D eigenvalue weighted by Crippen LogP contribution is 2.01. The van der Waals surface area contributed by atoms with Crippen molar-refractivity contribution in [2.45, 2.75) is 32.0 Å². The fourth-order valence-corrected chi connectivity index (χ4v) is 1.45. The number of hydrogen-bond acceptors (Lipinski definition) is 4. The lowest BCUT2D eigenvalue weighted by Crippen LogP contribution is -2.41. The third-order valence-electron chi connectivity index (χ3n) is 2.30. The van der Waals surface area contributed by atoms with E-state index in [-0.39, 0.29) is 18.1 Å². The zero-order valence-corrected chi connectivity index (χ0v) is 9.16. The van der Waals surface area contributed by atoms with Crippen molar-refractivity contribution in [2.24, 2.45) is 0 Å². The number of hydrogen-bond donors (Lipinski definition) is 3. The van der Waals surface area contributed by atoms with Crippen molar-refractivity contribution in [2.75, 3.05) is 26.2 Å². The molecule has 15 heavy (non-hydrogen) atoms. The topological polar surface area (TPSA) is 70.6 Å². The molecule has 5 heteroatoms. The fourth-order valence-electron chi connectivity index (χ4n) is 1.45. The molecule has 88 valence electrons. The van der Waals surface area contributed by atoms with E-state index in [0.29, 0.717) is 26.0 Å². The minimum absolute atomic E-state index is 0.00898. The van der Waals surface area contributed by atoms with Crippen LogP contribution in [0.5, 0.6) is 0 Å². The Kier molecular flexibility index (Phi) is 5.60. The van der Waals surface area contributed by atoms with Crippen LogP contribution in [0.2, 0.25) is 0 Å². The van der Waals surface area contributed by atoms with Crippen LogP contribution in [0.15, 0.2) is 0 Å². The van der Waals surface area contributed by atoms with E-state index in [1.165, 1.54) is 0 Å². The Labute approximate surface area is 90.2 Å². The van der Waals surface area contributed by atoms with Gasteiger partial charge in [-0.3, -0.25) is 4.79 Å². The van der Waals surface area contributed by atoms with E-state index in [0.717, 1.165) is 13.1 Å². The molecule has 1 amide bonds. The minimum Gasteiger partial charge on any atom is -0.393 e. The fraction of sp³-hybridized carbons (Fsp3) is 0.900. The van der Waals surface area contributed by atoms with Gasteiger partial charge in [0, 0.05) is 19.6 Å². The lowest BCUT2D eigenvalue weighted by atomic mass is 10.2. The van der Waals surface area contributed by atoms with Gasteiger partial charge in [0.1, 0.15) is 0 Å². The second kappa shape index (κ2) is 6.76. The van der Waals surface area contributed by atoms with Crippen molar-refractivity contribution >= 4 is 5.91 Å². The van der Waals surface area contributed by atoms with Crippen LogP contribution in [0.3, 0.4) is 0 Å². The maximum Gasteiger partial charge on any atom is 0.222 e. The molecule has 1 rings (SSSR count). The molecule has 1 aliphatic heterocycles. The van der Waals surface area contributed by atoms with E-state index >= 15 is 0 Å². The van der Waals surface area contributed by atoms with E-state index in [4.69, 9.17) is 9.84 Å². The molecule has 1 saturated heterocycles. The van der Waals surface area contributed by atoms with Crippen LogP contribution in [0.1, 0.15) is 19.8 Å². The highest BCUT2D eigenvalue weighted by molar-refractivity contribution is 5.76. The number of morpholine rings is 1. The Balaban J connectivity index is 2.06. The lowest BCUT2D eigenvalue weighted by molar-refractivity contribution is -0.124. The first-order valence-electron chi connectivity index (χ1n) is 5.45. The Bertz CT molecular complexity index is 191. The number of aliphatic hydroxyl groups excluding tert-OH is 1. The molecule has 2 unspecified atom stereocenters. The molecule has 3 N–H and O–H groups in total. The molecule has 2 atom stereocenters. The first-order valence-corrected chi connectivity index (χ1v) is 5.45. The van der Waals surface area contributed by atoms with E-state index in [2.05, 4.69) is 10.6 Å². The average Bonchev–Trinajstić information content (AvgIpc) is 2.18. The molecule has 0 aromatic rings. The molecule has 0 radical (unpaired) electrons. The second-order valence-electron chi connectivity index (χ2n) is 3.89. The maximum atomic E-state index is 11.4. The highest BCUT2D eigenvalue weighted by atomic mass is 16.5. The normalized spacial score (nSPS) is 23.5. The molecule has 0 aromatic carbocycles. The Morgan fingerprint density at radius 1 is 1.73 bits per heavy atom. The molecule has 1 heterocycles. The number of amides is 1. The van der Waals surface area contributed by atoms with Crippen LogP contribution in [-0.4, -0.2) is 49.5 Å². The van der Waals surface area contributed by atoms with Gasteiger partial charge in [0.2, 0.25) is 5.91 Å². The highest BCUT2D eigenvalue weighted by Gasteiger charge is 2.16. The first-order chi connectivity index (χ1) is 7.18. The van der Waals surface area contributed by atoms with Gasteiger partial charge in [-0.2, -0.15) is 0 Å². The SMILES string of the molecule is CC(O)CCNC(=O)CC1CNCCO1. The van der Waals surface area contributed by atoms with Gasteiger partial charge in [-0.05, 0) is 13.3 Å². The van der Waals surface area contributed by atoms with E-state index in [1.807, 2.05) is 0 Å². The summed E-state index contributed by atoms with van der Waals surface area (Å²) in [5.74, 6) is -0.00986. The molecule has 0 spiro atoms. The van der Waals surface area contributed by atoms with Gasteiger partial charge < -0.3 is 20.5 Å². The smallest absolute Gasteiger partial charge is 0.222 e. The summed E-state index contributed by atoms with van der Waals surface area (Å²) in [5, 5.41) is 14.9. The van der Waals surface area contributed by atoms with Crippen molar-refractivity contribution in [3.05, 3.63) is 0 Å². The molecular formula is C10H20N2O3. The third kappa shape index (κ3) is 5.71. The standard InChI is InChI=1S/C10H20N2O3/c1-8(13)2-3-12-10(14)6-9-7-11-4-5-15-9/h8-9,11,13H,2-7H2,1H3,(H,12,14). The van der Waals surface area contributed by atoms with Crippen LogP contribution in [-0.2, 0) is 9.53 Å². The van der Waals surface area contributed by atoms with Crippen molar-refractivity contribution in [1.82, 2.24) is 10.6 Å². The summed E-state index contributed by atoms with van der Waals surface area (Å²) in [6.07, 6.45) is 0.616. The molecular weight excluding hydrogens is 196 g/mol. The summed E-state index contributed by atoms with van der Waals surface area (Å²) < 4.78 is 5.40. The zero-order valence-electron chi connectivity index (χ0n) is 9.16. The van der Waals surface area contributed by atoms with Crippen molar-refractivity contribution in [1.29, 1.82) is 0 Å². The number of carbonyl (C=O) groups is 1. The summed E-state index contributed by atoms with van der Waals surface area (Å²) in [4.78, 5) is 11.4. The number of carbonyl (C=O) groups excluding carboxylic acids is 1. The number of aliphatic hydroxyl groups is 1. The summed E-state index contributed by atoms with van der Waals surface area (Å²) in [5.41, 5.74) is 0. The maximum absolute atomic E-state index is 11.4. The third-order valence-corrected chi connectivity index (χ3v) is 2.30. The van der Waals surface area contributed by atoms with E-state index in [9.17, 15) is 4.79 Å². The molecule has 0 saturated carbocycles. The minimum atomic E-state index is -0.363. The van der Waals surface area contributed by atoms with Gasteiger partial charge in [0.05, 0.1) is 25.2 Å². The summed E-state index contributed by atoms with van der Waals surface area (Å²) in [6.45, 7) is 4.51. The second-order valence-corrected chi connectivity index (χ2v) is 3.89. The number of nitrogens with one attached hydrogen (secondary N) is 2. The van der Waals surface area contributed by atoms with E-state index in [1.54, 1.807) is 6.92 Å². The Hall–Kier alpha value is -0.650. The van der Waals surface area contributed by atoms with Gasteiger partial charge in [-0.15, -0.1) is 0 Å². The van der Waals surface area contributed by atoms with Gasteiger partial charge in [-0.25, -0.2) is 0 Å². The quantitative estimate of drug-likeness (QED) is 0.565. The largest absolute Gasteiger partial charge is 0.393 e. The van der Waals surface area contributed by atoms with E-state index < -0.39 is 0 Å². The first kappa shape index (κ1) is 12.4. The molecule has 0 aromatic heterocycles. The molecule has 1 fully saturated rings. The van der Waals surface area contributed by atoms with Crippen LogP contribution < -0.4 is 10.6 Å². The van der Waals surface area contributed by atoms with Crippen LogP contribution in [0.25, 0.3) is 0 Å². The van der Waals surface area contributed by atoms with Crippen LogP contribution in [0.4, 0.5) is 0 Å². The van der Waals surface area contributed by atoms with Gasteiger partial charge in [0.25, 0.3) is 0 Å². The van der Waals surface area contributed by atoms with Gasteiger partial charge in [-0.1, -0.05) is 0 Å². The van der Waals surface area contributed by atoms with Crippen LogP contribution in [0, 0.1) is 0 Å². The molecule has 5 nitrogen and oxygen atoms in total. The van der Waals surface area contributed by atoms with Gasteiger partial charge >= 0.3 is 0 Å². The summed E-state index contributed by atoms with van der Waals surface area (Å²) in [6, 6.07) is 0. The monoisotopic (exact) mass is 216 g/mol. The number of rotatable bonds is 5. The Morgan fingerprint density at radius 3 is 3.13 bits per heavy atom. The van der Waals surface area contributed by atoms with Crippen molar-refractivity contribution in [3.8, 4) is 0 Å². The molecule has 0 aliphatic carbocycles. The van der Waals surface area contributed by atoms with Crippen molar-refractivity contribution in [3.63, 3.8) is 0 Å². The Morgan fingerprint density at radius 2 is 2.53 bits per heavy atom. The average molecular weight is 216 g/mol. The molecule has 0 bridgehead atoms. The van der Waals surface area contributed by atoms with Crippen LogP contribution >= 0.6 is 0 Å². The predicted molar refractivity (Wildman–Crippen MR) is 56.5 cm³/mol. The number of ether oxygens (including phenoxy) is 1. The summed E-state index contributed by atoms with van der Waals surface area (Å²) in [7, 11) is 0. The zero-order chi connectivity index (χ0) is 11.1. The molecule has 1 aliphatic rings. The van der Waals surface area contributed by atoms with Gasteiger partial charge in [0.15, 0.2) is 0 Å².